The summed E-state index contributed by atoms with van der Waals surface area (Å²) in [4.78, 5) is 12.7. The standard InChI is InChI=1S/C23H21N3O4/c1-28-15-9-11-21(30-3)18(13-15)14-8-10-16-19(12-14)25-26-22(16)24-23(27)17-6-4-5-7-20(17)29-2/h4-13H,1-3H3,(H2,24,25,26,27). The molecule has 0 aliphatic carbocycles. The lowest BCUT2D eigenvalue weighted by Crippen LogP contribution is -2.13. The number of rotatable bonds is 6. The molecule has 0 aliphatic rings. The number of ether oxygens (including phenoxy) is 3. The molecule has 0 saturated heterocycles. The molecule has 0 aliphatic heterocycles. The summed E-state index contributed by atoms with van der Waals surface area (Å²) in [6.45, 7) is 0. The second-order valence-corrected chi connectivity index (χ2v) is 6.55. The number of hydrogen-bond donors (Lipinski definition) is 2. The van der Waals surface area contributed by atoms with Gasteiger partial charge in [-0.25, -0.2) is 0 Å². The summed E-state index contributed by atoms with van der Waals surface area (Å²) in [6, 6.07) is 18.5. The van der Waals surface area contributed by atoms with Crippen LogP contribution in [0.2, 0.25) is 0 Å². The second kappa shape index (κ2) is 8.16. The zero-order chi connectivity index (χ0) is 21.1. The number of H-pyrrole nitrogens is 1. The van der Waals surface area contributed by atoms with Crippen molar-refractivity contribution in [1.82, 2.24) is 10.2 Å². The molecule has 1 aromatic heterocycles. The van der Waals surface area contributed by atoms with E-state index in [1.165, 1.54) is 7.11 Å². The Labute approximate surface area is 173 Å². The lowest BCUT2D eigenvalue weighted by Gasteiger charge is -2.11. The summed E-state index contributed by atoms with van der Waals surface area (Å²) in [5.74, 6) is 2.13. The number of amides is 1. The minimum absolute atomic E-state index is 0.292. The monoisotopic (exact) mass is 403 g/mol. The molecule has 0 radical (unpaired) electrons. The Kier molecular flexibility index (Phi) is 5.26. The molecule has 7 nitrogen and oxygen atoms in total. The molecular weight excluding hydrogens is 382 g/mol. The molecule has 0 bridgehead atoms. The number of fused-ring (bicyclic) bond motifs is 1. The summed E-state index contributed by atoms with van der Waals surface area (Å²) in [6.07, 6.45) is 0. The number of anilines is 1. The van der Waals surface area contributed by atoms with E-state index in [4.69, 9.17) is 14.2 Å². The molecule has 0 spiro atoms. The van der Waals surface area contributed by atoms with Crippen LogP contribution >= 0.6 is 0 Å². The van der Waals surface area contributed by atoms with Gasteiger partial charge in [0.05, 0.1) is 32.4 Å². The summed E-state index contributed by atoms with van der Waals surface area (Å²) >= 11 is 0. The van der Waals surface area contributed by atoms with E-state index in [0.29, 0.717) is 17.1 Å². The Morgan fingerprint density at radius 2 is 1.70 bits per heavy atom. The molecule has 4 aromatic rings. The first kappa shape index (κ1) is 19.3. The summed E-state index contributed by atoms with van der Waals surface area (Å²) in [5, 5.41) is 10.9. The van der Waals surface area contributed by atoms with Crippen LogP contribution in [-0.4, -0.2) is 37.4 Å². The third kappa shape index (κ3) is 3.53. The van der Waals surface area contributed by atoms with Gasteiger partial charge in [0.2, 0.25) is 0 Å². The van der Waals surface area contributed by atoms with Gasteiger partial charge < -0.3 is 19.5 Å². The Morgan fingerprint density at radius 3 is 2.47 bits per heavy atom. The Morgan fingerprint density at radius 1 is 0.900 bits per heavy atom. The molecule has 2 N–H and O–H groups in total. The highest BCUT2D eigenvalue weighted by molar-refractivity contribution is 6.09. The Bertz CT molecular complexity index is 1220. The highest BCUT2D eigenvalue weighted by Gasteiger charge is 2.16. The molecule has 30 heavy (non-hydrogen) atoms. The van der Waals surface area contributed by atoms with E-state index in [1.54, 1.807) is 32.4 Å². The minimum atomic E-state index is -0.292. The number of methoxy groups -OCH3 is 3. The third-order valence-corrected chi connectivity index (χ3v) is 4.86. The van der Waals surface area contributed by atoms with Gasteiger partial charge in [-0.1, -0.05) is 18.2 Å². The number of hydrogen-bond acceptors (Lipinski definition) is 5. The van der Waals surface area contributed by atoms with Crippen molar-refractivity contribution in [1.29, 1.82) is 0 Å². The van der Waals surface area contributed by atoms with Crippen molar-refractivity contribution in [3.8, 4) is 28.4 Å². The number of nitrogens with one attached hydrogen (secondary N) is 2. The second-order valence-electron chi connectivity index (χ2n) is 6.55. The van der Waals surface area contributed by atoms with Crippen LogP contribution < -0.4 is 19.5 Å². The van der Waals surface area contributed by atoms with Crippen molar-refractivity contribution in [2.75, 3.05) is 26.6 Å². The smallest absolute Gasteiger partial charge is 0.260 e. The van der Waals surface area contributed by atoms with E-state index in [9.17, 15) is 4.79 Å². The first-order valence-corrected chi connectivity index (χ1v) is 9.29. The fraction of sp³-hybridized carbons (Fsp3) is 0.130. The zero-order valence-corrected chi connectivity index (χ0v) is 16.9. The van der Waals surface area contributed by atoms with Gasteiger partial charge in [0, 0.05) is 10.9 Å². The average molecular weight is 403 g/mol. The summed E-state index contributed by atoms with van der Waals surface area (Å²) in [7, 11) is 4.79. The first-order chi connectivity index (χ1) is 14.6. The van der Waals surface area contributed by atoms with Crippen molar-refractivity contribution in [2.24, 2.45) is 0 Å². The fourth-order valence-corrected chi connectivity index (χ4v) is 3.33. The van der Waals surface area contributed by atoms with Gasteiger partial charge in [0.25, 0.3) is 5.91 Å². The molecule has 0 saturated carbocycles. The SMILES string of the molecule is COc1ccc(OC)c(-c2ccc3c(NC(=O)c4ccccc4OC)n[nH]c3c2)c1. The molecule has 1 heterocycles. The topological polar surface area (TPSA) is 85.5 Å². The van der Waals surface area contributed by atoms with Crippen LogP contribution in [-0.2, 0) is 0 Å². The van der Waals surface area contributed by atoms with Gasteiger partial charge in [-0.2, -0.15) is 5.10 Å². The first-order valence-electron chi connectivity index (χ1n) is 9.29. The quantitative estimate of drug-likeness (QED) is 0.495. The van der Waals surface area contributed by atoms with E-state index in [1.807, 2.05) is 42.5 Å². The number of aromatic amines is 1. The van der Waals surface area contributed by atoms with Gasteiger partial charge in [-0.3, -0.25) is 9.89 Å². The number of aromatic nitrogens is 2. The van der Waals surface area contributed by atoms with Crippen LogP contribution in [0.15, 0.2) is 60.7 Å². The molecule has 0 fully saturated rings. The van der Waals surface area contributed by atoms with Gasteiger partial charge in [-0.15, -0.1) is 0 Å². The van der Waals surface area contributed by atoms with Gasteiger partial charge in [-0.05, 0) is 48.0 Å². The van der Waals surface area contributed by atoms with E-state index in [0.717, 1.165) is 33.5 Å². The predicted molar refractivity (Wildman–Crippen MR) is 116 cm³/mol. The fourth-order valence-electron chi connectivity index (χ4n) is 3.33. The number of carbonyl (C=O) groups is 1. The molecule has 1 amide bonds. The molecule has 0 unspecified atom stereocenters. The molecule has 7 heteroatoms. The van der Waals surface area contributed by atoms with Crippen LogP contribution in [0, 0.1) is 0 Å². The largest absolute Gasteiger partial charge is 0.497 e. The summed E-state index contributed by atoms with van der Waals surface area (Å²) in [5.41, 5.74) is 3.05. The van der Waals surface area contributed by atoms with E-state index >= 15 is 0 Å². The van der Waals surface area contributed by atoms with E-state index in [2.05, 4.69) is 15.5 Å². The van der Waals surface area contributed by atoms with Crippen molar-refractivity contribution in [2.45, 2.75) is 0 Å². The number of nitrogens with zero attached hydrogens (tertiary/aromatic N) is 1. The molecule has 152 valence electrons. The van der Waals surface area contributed by atoms with Crippen LogP contribution in [0.1, 0.15) is 10.4 Å². The van der Waals surface area contributed by atoms with Crippen LogP contribution in [0.4, 0.5) is 5.82 Å². The highest BCUT2D eigenvalue weighted by atomic mass is 16.5. The molecule has 4 rings (SSSR count). The lowest BCUT2D eigenvalue weighted by molar-refractivity contribution is 0.102. The minimum Gasteiger partial charge on any atom is -0.497 e. The average Bonchev–Trinajstić information content (AvgIpc) is 3.20. The summed E-state index contributed by atoms with van der Waals surface area (Å²) < 4.78 is 16.1. The predicted octanol–water partition coefficient (Wildman–Crippen LogP) is 4.51. The molecular formula is C23H21N3O4. The van der Waals surface area contributed by atoms with Crippen molar-refractivity contribution < 1.29 is 19.0 Å². The number of carbonyl (C=O) groups excluding carboxylic acids is 1. The third-order valence-electron chi connectivity index (χ3n) is 4.86. The van der Waals surface area contributed by atoms with E-state index < -0.39 is 0 Å². The lowest BCUT2D eigenvalue weighted by atomic mass is 10.0. The number of para-hydroxylation sites is 1. The highest BCUT2D eigenvalue weighted by Crippen LogP contribution is 2.35. The maximum absolute atomic E-state index is 12.7. The maximum Gasteiger partial charge on any atom is 0.260 e. The van der Waals surface area contributed by atoms with Gasteiger partial charge in [0.1, 0.15) is 17.2 Å². The Hall–Kier alpha value is -4.00. The van der Waals surface area contributed by atoms with Gasteiger partial charge in [0.15, 0.2) is 5.82 Å². The van der Waals surface area contributed by atoms with Crippen LogP contribution in [0.3, 0.4) is 0 Å². The zero-order valence-electron chi connectivity index (χ0n) is 16.9. The molecule has 3 aromatic carbocycles. The van der Waals surface area contributed by atoms with E-state index in [-0.39, 0.29) is 5.91 Å². The molecule has 0 atom stereocenters. The normalized spacial score (nSPS) is 10.6. The van der Waals surface area contributed by atoms with Gasteiger partial charge >= 0.3 is 0 Å². The van der Waals surface area contributed by atoms with Crippen molar-refractivity contribution >= 4 is 22.6 Å². The van der Waals surface area contributed by atoms with Crippen LogP contribution in [0.25, 0.3) is 22.0 Å². The van der Waals surface area contributed by atoms with Crippen LogP contribution in [0.5, 0.6) is 17.2 Å². The van der Waals surface area contributed by atoms with Crippen molar-refractivity contribution in [3.05, 3.63) is 66.2 Å². The maximum atomic E-state index is 12.7. The van der Waals surface area contributed by atoms with Crippen molar-refractivity contribution in [3.63, 3.8) is 0 Å². The Balaban J connectivity index is 1.67. The number of benzene rings is 3.